The molecule has 1 amide bonds. The molecule has 1 aromatic carbocycles. The number of rotatable bonds is 3. The highest BCUT2D eigenvalue weighted by Crippen LogP contribution is 2.38. The molecule has 1 N–H and O–H groups in total. The summed E-state index contributed by atoms with van der Waals surface area (Å²) in [5.41, 5.74) is 0.907. The Morgan fingerprint density at radius 2 is 1.83 bits per heavy atom. The zero-order chi connectivity index (χ0) is 16.2. The van der Waals surface area contributed by atoms with E-state index in [9.17, 15) is 14.7 Å². The van der Waals surface area contributed by atoms with Gasteiger partial charge in [-0.1, -0.05) is 43.2 Å². The number of aliphatic carboxylic acids is 1. The molecule has 2 aliphatic rings. The molecule has 3 unspecified atom stereocenters. The summed E-state index contributed by atoms with van der Waals surface area (Å²) in [6, 6.07) is 8.73. The lowest BCUT2D eigenvalue weighted by Gasteiger charge is -2.46. The van der Waals surface area contributed by atoms with Crippen LogP contribution in [0, 0.1) is 5.92 Å². The van der Waals surface area contributed by atoms with Crippen molar-refractivity contribution in [2.24, 2.45) is 5.92 Å². The van der Waals surface area contributed by atoms with Gasteiger partial charge in [0.2, 0.25) is 0 Å². The Hall–Kier alpha value is -2.04. The van der Waals surface area contributed by atoms with Crippen LogP contribution in [0.15, 0.2) is 30.3 Å². The zero-order valence-corrected chi connectivity index (χ0v) is 13.2. The summed E-state index contributed by atoms with van der Waals surface area (Å²) < 4.78 is 5.42. The molecule has 0 radical (unpaired) electrons. The number of carbonyl (C=O) groups is 2. The summed E-state index contributed by atoms with van der Waals surface area (Å²) >= 11 is 0. The van der Waals surface area contributed by atoms with E-state index in [-0.39, 0.29) is 12.6 Å². The molecule has 3 atom stereocenters. The third-order valence-corrected chi connectivity index (χ3v) is 5.07. The Morgan fingerprint density at radius 3 is 2.57 bits per heavy atom. The second kappa shape index (κ2) is 7.02. The normalized spacial score (nSPS) is 27.1. The molecule has 124 valence electrons. The summed E-state index contributed by atoms with van der Waals surface area (Å²) in [5, 5.41) is 9.48. The van der Waals surface area contributed by atoms with Crippen LogP contribution >= 0.6 is 0 Å². The molecule has 3 rings (SSSR count). The number of piperidine rings is 1. The van der Waals surface area contributed by atoms with Crippen molar-refractivity contribution >= 4 is 12.1 Å². The van der Waals surface area contributed by atoms with Gasteiger partial charge in [-0.15, -0.1) is 0 Å². The monoisotopic (exact) mass is 317 g/mol. The van der Waals surface area contributed by atoms with Crippen molar-refractivity contribution in [2.75, 3.05) is 0 Å². The Bertz CT molecular complexity index is 559. The minimum atomic E-state index is -0.925. The molecule has 1 aliphatic heterocycles. The molecular weight excluding hydrogens is 294 g/mol. The third kappa shape index (κ3) is 3.49. The lowest BCUT2D eigenvalue weighted by Crippen LogP contribution is -2.57. The standard InChI is InChI=1S/C18H23NO4/c20-17(21)16-11-10-14-8-4-5-9-15(14)19(16)18(22)23-12-13-6-2-1-3-7-13/h1-3,6-7,14-16H,4-5,8-12H2,(H,20,21). The predicted molar refractivity (Wildman–Crippen MR) is 84.9 cm³/mol. The fraction of sp³-hybridized carbons (Fsp3) is 0.556. The number of amides is 1. The van der Waals surface area contributed by atoms with Gasteiger partial charge in [0.15, 0.2) is 0 Å². The van der Waals surface area contributed by atoms with E-state index < -0.39 is 18.1 Å². The highest BCUT2D eigenvalue weighted by Gasteiger charge is 2.44. The molecule has 2 fully saturated rings. The van der Waals surface area contributed by atoms with Crippen LogP contribution in [0.1, 0.15) is 44.1 Å². The Labute approximate surface area is 136 Å². The van der Waals surface area contributed by atoms with E-state index >= 15 is 0 Å². The van der Waals surface area contributed by atoms with Crippen molar-refractivity contribution < 1.29 is 19.4 Å². The maximum absolute atomic E-state index is 12.6. The van der Waals surface area contributed by atoms with Gasteiger partial charge in [0.1, 0.15) is 12.6 Å². The first kappa shape index (κ1) is 15.8. The van der Waals surface area contributed by atoms with Crippen molar-refractivity contribution in [3.8, 4) is 0 Å². The van der Waals surface area contributed by atoms with E-state index in [1.807, 2.05) is 30.3 Å². The van der Waals surface area contributed by atoms with E-state index in [0.717, 1.165) is 31.2 Å². The first-order valence-electron chi connectivity index (χ1n) is 8.38. The fourth-order valence-corrected chi connectivity index (χ4v) is 3.93. The minimum absolute atomic E-state index is 0.0156. The molecule has 23 heavy (non-hydrogen) atoms. The molecule has 5 heteroatoms. The maximum atomic E-state index is 12.6. The van der Waals surface area contributed by atoms with Crippen LogP contribution in [-0.4, -0.2) is 34.2 Å². The third-order valence-electron chi connectivity index (χ3n) is 5.07. The quantitative estimate of drug-likeness (QED) is 0.927. The highest BCUT2D eigenvalue weighted by atomic mass is 16.6. The topological polar surface area (TPSA) is 66.8 Å². The number of ether oxygens (including phenoxy) is 1. The van der Waals surface area contributed by atoms with Crippen LogP contribution in [0.2, 0.25) is 0 Å². The number of nitrogens with zero attached hydrogens (tertiary/aromatic N) is 1. The predicted octanol–water partition coefficient (Wildman–Crippen LogP) is 3.43. The zero-order valence-electron chi connectivity index (χ0n) is 13.2. The van der Waals surface area contributed by atoms with E-state index in [1.54, 1.807) is 0 Å². The lowest BCUT2D eigenvalue weighted by atomic mass is 9.76. The number of carbonyl (C=O) groups excluding carboxylic acids is 1. The van der Waals surface area contributed by atoms with Crippen LogP contribution < -0.4 is 0 Å². The van der Waals surface area contributed by atoms with E-state index in [0.29, 0.717) is 12.3 Å². The maximum Gasteiger partial charge on any atom is 0.411 e. The van der Waals surface area contributed by atoms with E-state index in [2.05, 4.69) is 0 Å². The van der Waals surface area contributed by atoms with E-state index in [1.165, 1.54) is 11.3 Å². The number of carboxylic acid groups (broad SMARTS) is 1. The van der Waals surface area contributed by atoms with Crippen LogP contribution in [0.5, 0.6) is 0 Å². The summed E-state index contributed by atoms with van der Waals surface area (Å²) in [6.45, 7) is 0.180. The van der Waals surface area contributed by atoms with Gasteiger partial charge in [0, 0.05) is 6.04 Å². The average molecular weight is 317 g/mol. The minimum Gasteiger partial charge on any atom is -0.480 e. The summed E-state index contributed by atoms with van der Waals surface area (Å²) in [7, 11) is 0. The van der Waals surface area contributed by atoms with Gasteiger partial charge >= 0.3 is 12.1 Å². The smallest absolute Gasteiger partial charge is 0.411 e. The largest absolute Gasteiger partial charge is 0.480 e. The first-order chi connectivity index (χ1) is 11.2. The molecule has 0 aromatic heterocycles. The van der Waals surface area contributed by atoms with Crippen LogP contribution in [0.25, 0.3) is 0 Å². The summed E-state index contributed by atoms with van der Waals surface area (Å²) in [6.07, 6.45) is 5.12. The van der Waals surface area contributed by atoms with Gasteiger partial charge in [-0.05, 0) is 37.2 Å². The molecule has 5 nitrogen and oxygen atoms in total. The molecule has 1 aromatic rings. The Morgan fingerprint density at radius 1 is 1.09 bits per heavy atom. The van der Waals surface area contributed by atoms with Crippen molar-refractivity contribution in [1.82, 2.24) is 4.90 Å². The average Bonchev–Trinajstić information content (AvgIpc) is 2.59. The molecule has 0 spiro atoms. The molecule has 1 saturated carbocycles. The van der Waals surface area contributed by atoms with Crippen molar-refractivity contribution in [3.05, 3.63) is 35.9 Å². The van der Waals surface area contributed by atoms with Crippen molar-refractivity contribution in [2.45, 2.75) is 57.2 Å². The van der Waals surface area contributed by atoms with Crippen LogP contribution in [0.3, 0.4) is 0 Å². The number of likely N-dealkylation sites (tertiary alicyclic amines) is 1. The second-order valence-corrected chi connectivity index (χ2v) is 6.49. The van der Waals surface area contributed by atoms with Crippen LogP contribution in [0.4, 0.5) is 4.79 Å². The SMILES string of the molecule is O=C(O)C1CCC2CCCCC2N1C(=O)OCc1ccccc1. The summed E-state index contributed by atoms with van der Waals surface area (Å²) in [4.78, 5) is 25.7. The van der Waals surface area contributed by atoms with Gasteiger partial charge in [-0.3, -0.25) is 4.90 Å². The number of carboxylic acids is 1. The van der Waals surface area contributed by atoms with Crippen molar-refractivity contribution in [3.63, 3.8) is 0 Å². The van der Waals surface area contributed by atoms with Gasteiger partial charge in [0.25, 0.3) is 0 Å². The summed E-state index contributed by atoms with van der Waals surface area (Å²) in [5.74, 6) is -0.505. The number of hydrogen-bond donors (Lipinski definition) is 1. The first-order valence-corrected chi connectivity index (χ1v) is 8.38. The molecule has 1 heterocycles. The van der Waals surface area contributed by atoms with Crippen molar-refractivity contribution in [1.29, 1.82) is 0 Å². The van der Waals surface area contributed by atoms with Gasteiger partial charge in [0.05, 0.1) is 0 Å². The fourth-order valence-electron chi connectivity index (χ4n) is 3.93. The second-order valence-electron chi connectivity index (χ2n) is 6.49. The van der Waals surface area contributed by atoms with Gasteiger partial charge in [-0.25, -0.2) is 9.59 Å². The van der Waals surface area contributed by atoms with Crippen LogP contribution in [-0.2, 0) is 16.1 Å². The highest BCUT2D eigenvalue weighted by molar-refractivity contribution is 5.80. The van der Waals surface area contributed by atoms with Gasteiger partial charge in [-0.2, -0.15) is 0 Å². The Kier molecular flexibility index (Phi) is 4.84. The number of fused-ring (bicyclic) bond motifs is 1. The number of hydrogen-bond acceptors (Lipinski definition) is 3. The molecule has 0 bridgehead atoms. The van der Waals surface area contributed by atoms with Gasteiger partial charge < -0.3 is 9.84 Å². The molecule has 1 aliphatic carbocycles. The number of benzene rings is 1. The van der Waals surface area contributed by atoms with E-state index in [4.69, 9.17) is 4.74 Å². The molecular formula is C18H23NO4. The Balaban J connectivity index is 1.72. The lowest BCUT2D eigenvalue weighted by molar-refractivity contribution is -0.146. The molecule has 1 saturated heterocycles.